The highest BCUT2D eigenvalue weighted by Crippen LogP contribution is 2.22. The molecule has 0 N–H and O–H groups in total. The largest absolute Gasteiger partial charge is 0.468 e. The molecule has 0 unspecified atom stereocenters. The van der Waals surface area contributed by atoms with Gasteiger partial charge in [-0.1, -0.05) is 22.9 Å². The van der Waals surface area contributed by atoms with Crippen molar-refractivity contribution in [2.75, 3.05) is 14.2 Å². The smallest absolute Gasteiger partial charge is 0.337 e. The molecule has 0 spiro atoms. The van der Waals surface area contributed by atoms with E-state index in [2.05, 4.69) is 9.73 Å². The lowest BCUT2D eigenvalue weighted by Gasteiger charge is -2.04. The summed E-state index contributed by atoms with van der Waals surface area (Å²) in [5.41, 5.74) is 1.34. The first-order chi connectivity index (χ1) is 13.4. The number of carbonyl (C=O) groups excluding carboxylic acids is 3. The Kier molecular flexibility index (Phi) is 5.91. The van der Waals surface area contributed by atoms with Gasteiger partial charge in [0.15, 0.2) is 4.80 Å². The lowest BCUT2D eigenvalue weighted by Crippen LogP contribution is -2.22. The summed E-state index contributed by atoms with van der Waals surface area (Å²) in [6.45, 7) is -0.0917. The van der Waals surface area contributed by atoms with Crippen LogP contribution in [-0.2, 0) is 20.8 Å². The van der Waals surface area contributed by atoms with Crippen molar-refractivity contribution in [1.82, 2.24) is 4.57 Å². The van der Waals surface area contributed by atoms with Crippen LogP contribution in [0.15, 0.2) is 47.5 Å². The summed E-state index contributed by atoms with van der Waals surface area (Å²) in [4.78, 5) is 40.4. The van der Waals surface area contributed by atoms with Gasteiger partial charge in [-0.05, 0) is 42.5 Å². The van der Waals surface area contributed by atoms with Gasteiger partial charge >= 0.3 is 11.9 Å². The summed E-state index contributed by atoms with van der Waals surface area (Å²) in [5.74, 6) is -1.47. The van der Waals surface area contributed by atoms with E-state index in [1.807, 2.05) is 0 Å². The van der Waals surface area contributed by atoms with Crippen molar-refractivity contribution in [3.8, 4) is 0 Å². The lowest BCUT2D eigenvalue weighted by atomic mass is 10.1. The monoisotopic (exact) mass is 418 g/mol. The molecule has 0 saturated carbocycles. The molecule has 1 amide bonds. The molecule has 0 atom stereocenters. The molecule has 7 nitrogen and oxygen atoms in total. The van der Waals surface area contributed by atoms with Crippen LogP contribution in [-0.4, -0.2) is 36.6 Å². The topological polar surface area (TPSA) is 87.0 Å². The summed E-state index contributed by atoms with van der Waals surface area (Å²) in [6.07, 6.45) is 0. The highest BCUT2D eigenvalue weighted by atomic mass is 35.5. The fraction of sp³-hybridized carbons (Fsp3) is 0.158. The van der Waals surface area contributed by atoms with Gasteiger partial charge in [0.2, 0.25) is 0 Å². The summed E-state index contributed by atoms with van der Waals surface area (Å²) in [7, 11) is 2.57. The third kappa shape index (κ3) is 4.13. The maximum absolute atomic E-state index is 12.6. The Hall–Kier alpha value is -2.97. The minimum Gasteiger partial charge on any atom is -0.468 e. The van der Waals surface area contributed by atoms with E-state index in [0.717, 1.165) is 4.70 Å². The van der Waals surface area contributed by atoms with Gasteiger partial charge in [0.25, 0.3) is 5.91 Å². The standard InChI is InChI=1S/C19H15ClN2O5S/c1-26-16(23)10-22-14-8-7-13(20)9-15(14)28-19(22)21-17(24)11-3-5-12(6-4-11)18(25)27-2/h3-9H,10H2,1-2H3. The van der Waals surface area contributed by atoms with Gasteiger partial charge in [0.1, 0.15) is 6.54 Å². The van der Waals surface area contributed by atoms with Gasteiger partial charge in [-0.25, -0.2) is 4.79 Å². The van der Waals surface area contributed by atoms with Gasteiger partial charge in [-0.15, -0.1) is 0 Å². The molecule has 0 aliphatic heterocycles. The molecule has 2 aromatic carbocycles. The molecule has 0 radical (unpaired) electrons. The van der Waals surface area contributed by atoms with Crippen LogP contribution in [0.3, 0.4) is 0 Å². The summed E-state index contributed by atoms with van der Waals surface area (Å²) in [6, 6.07) is 11.2. The van der Waals surface area contributed by atoms with Crippen LogP contribution >= 0.6 is 22.9 Å². The Bertz CT molecular complexity index is 1130. The summed E-state index contributed by atoms with van der Waals surface area (Å²) in [5, 5.41) is 0.537. The fourth-order valence-corrected chi connectivity index (χ4v) is 3.80. The fourth-order valence-electron chi connectivity index (χ4n) is 2.50. The molecule has 144 valence electrons. The SMILES string of the molecule is COC(=O)Cn1c(=NC(=O)c2ccc(C(=O)OC)cc2)sc2cc(Cl)ccc21. The highest BCUT2D eigenvalue weighted by molar-refractivity contribution is 7.16. The normalized spacial score (nSPS) is 11.5. The maximum Gasteiger partial charge on any atom is 0.337 e. The van der Waals surface area contributed by atoms with Crippen molar-refractivity contribution in [2.45, 2.75) is 6.54 Å². The Morgan fingerprint density at radius 3 is 2.36 bits per heavy atom. The van der Waals surface area contributed by atoms with Crippen LogP contribution in [0.4, 0.5) is 0 Å². The minimum absolute atomic E-state index is 0.0917. The number of fused-ring (bicyclic) bond motifs is 1. The molecule has 28 heavy (non-hydrogen) atoms. The van der Waals surface area contributed by atoms with Gasteiger partial charge in [-0.2, -0.15) is 4.99 Å². The Balaban J connectivity index is 2.04. The molecular formula is C19H15ClN2O5S. The first kappa shape index (κ1) is 19.8. The third-order valence-electron chi connectivity index (χ3n) is 3.91. The number of halogens is 1. The van der Waals surface area contributed by atoms with E-state index in [1.54, 1.807) is 22.8 Å². The molecule has 0 saturated heterocycles. The Morgan fingerprint density at radius 1 is 1.04 bits per heavy atom. The number of hydrogen-bond donors (Lipinski definition) is 0. The number of ether oxygens (including phenoxy) is 2. The van der Waals surface area contributed by atoms with E-state index in [-0.39, 0.29) is 6.54 Å². The number of benzene rings is 2. The van der Waals surface area contributed by atoms with Crippen molar-refractivity contribution in [1.29, 1.82) is 0 Å². The van der Waals surface area contributed by atoms with Crippen molar-refractivity contribution in [3.63, 3.8) is 0 Å². The second kappa shape index (κ2) is 8.37. The number of aromatic nitrogens is 1. The Labute approximate surface area is 168 Å². The maximum atomic E-state index is 12.6. The zero-order chi connectivity index (χ0) is 20.3. The van der Waals surface area contributed by atoms with Crippen LogP contribution in [0.2, 0.25) is 5.02 Å². The number of carbonyl (C=O) groups is 3. The predicted octanol–water partition coefficient (Wildman–Crippen LogP) is 3.06. The number of hydrogen-bond acceptors (Lipinski definition) is 6. The van der Waals surface area contributed by atoms with Gasteiger partial charge in [0.05, 0.1) is 30.0 Å². The van der Waals surface area contributed by atoms with Crippen LogP contribution in [0, 0.1) is 0 Å². The van der Waals surface area contributed by atoms with Gasteiger partial charge in [-0.3, -0.25) is 9.59 Å². The molecule has 0 aliphatic rings. The first-order valence-corrected chi connectivity index (χ1v) is 9.25. The zero-order valence-electron chi connectivity index (χ0n) is 15.0. The van der Waals surface area contributed by atoms with Crippen molar-refractivity contribution in [2.24, 2.45) is 4.99 Å². The summed E-state index contributed by atoms with van der Waals surface area (Å²) >= 11 is 7.27. The van der Waals surface area contributed by atoms with E-state index in [4.69, 9.17) is 16.3 Å². The van der Waals surface area contributed by atoms with Crippen LogP contribution in [0.25, 0.3) is 10.2 Å². The van der Waals surface area contributed by atoms with E-state index < -0.39 is 17.8 Å². The van der Waals surface area contributed by atoms with Crippen LogP contribution in [0.1, 0.15) is 20.7 Å². The van der Waals surface area contributed by atoms with Crippen molar-refractivity contribution >= 4 is 51.0 Å². The van der Waals surface area contributed by atoms with Crippen molar-refractivity contribution < 1.29 is 23.9 Å². The highest BCUT2D eigenvalue weighted by Gasteiger charge is 2.13. The lowest BCUT2D eigenvalue weighted by molar-refractivity contribution is -0.141. The van der Waals surface area contributed by atoms with Crippen LogP contribution in [0.5, 0.6) is 0 Å². The van der Waals surface area contributed by atoms with Gasteiger partial charge in [0, 0.05) is 10.6 Å². The molecular weight excluding hydrogens is 404 g/mol. The molecule has 1 heterocycles. The minimum atomic E-state index is -0.507. The number of thiazole rings is 1. The second-order valence-corrected chi connectivity index (χ2v) is 7.09. The molecule has 1 aromatic heterocycles. The number of rotatable bonds is 4. The molecule has 3 rings (SSSR count). The average Bonchev–Trinajstić information content (AvgIpc) is 3.03. The molecule has 3 aromatic rings. The molecule has 9 heteroatoms. The number of methoxy groups -OCH3 is 2. The number of amides is 1. The van der Waals surface area contributed by atoms with Gasteiger partial charge < -0.3 is 14.0 Å². The average molecular weight is 419 g/mol. The van der Waals surface area contributed by atoms with Crippen molar-refractivity contribution in [3.05, 3.63) is 63.4 Å². The second-order valence-electron chi connectivity index (χ2n) is 5.64. The summed E-state index contributed by atoms with van der Waals surface area (Å²) < 4.78 is 11.8. The molecule has 0 aliphatic carbocycles. The van der Waals surface area contributed by atoms with Crippen LogP contribution < -0.4 is 4.80 Å². The van der Waals surface area contributed by atoms with E-state index >= 15 is 0 Å². The number of nitrogens with zero attached hydrogens (tertiary/aromatic N) is 2. The van der Waals surface area contributed by atoms with E-state index in [9.17, 15) is 14.4 Å². The molecule has 0 bridgehead atoms. The van der Waals surface area contributed by atoms with E-state index in [0.29, 0.717) is 26.5 Å². The predicted molar refractivity (Wildman–Crippen MR) is 105 cm³/mol. The first-order valence-electron chi connectivity index (χ1n) is 8.06. The van der Waals surface area contributed by atoms with E-state index in [1.165, 1.54) is 49.8 Å². The quantitative estimate of drug-likeness (QED) is 0.608. The third-order valence-corrected chi connectivity index (χ3v) is 5.19. The Morgan fingerprint density at radius 2 is 1.71 bits per heavy atom. The number of esters is 2. The molecule has 0 fully saturated rings. The zero-order valence-corrected chi connectivity index (χ0v) is 16.5.